The molecule has 20 heavy (non-hydrogen) atoms. The van der Waals surface area contributed by atoms with Gasteiger partial charge in [0.15, 0.2) is 0 Å². The summed E-state index contributed by atoms with van der Waals surface area (Å²) in [5.41, 5.74) is 7.89. The zero-order valence-corrected chi connectivity index (χ0v) is 13.2. The molecular formula is C15H15IN2O2. The molecule has 0 aliphatic heterocycles. The highest BCUT2D eigenvalue weighted by Gasteiger charge is 2.08. The average Bonchev–Trinajstić information content (AvgIpc) is 2.45. The third kappa shape index (κ3) is 3.63. The largest absolute Gasteiger partial charge is 0.496 e. The Morgan fingerprint density at radius 1 is 1.30 bits per heavy atom. The van der Waals surface area contributed by atoms with Crippen LogP contribution in [0.5, 0.6) is 5.75 Å². The normalized spacial score (nSPS) is 10.1. The molecule has 0 aliphatic rings. The van der Waals surface area contributed by atoms with Crippen molar-refractivity contribution in [2.24, 2.45) is 0 Å². The van der Waals surface area contributed by atoms with Crippen LogP contribution in [0.1, 0.15) is 15.9 Å². The van der Waals surface area contributed by atoms with E-state index in [4.69, 9.17) is 10.5 Å². The van der Waals surface area contributed by atoms with Crippen molar-refractivity contribution in [1.29, 1.82) is 0 Å². The number of benzene rings is 2. The highest BCUT2D eigenvalue weighted by atomic mass is 127. The summed E-state index contributed by atoms with van der Waals surface area (Å²) in [6, 6.07) is 12.8. The van der Waals surface area contributed by atoms with Crippen LogP contribution in [0, 0.1) is 3.57 Å². The first kappa shape index (κ1) is 14.6. The molecule has 2 rings (SSSR count). The van der Waals surface area contributed by atoms with E-state index in [0.29, 0.717) is 23.5 Å². The predicted octanol–water partition coefficient (Wildman–Crippen LogP) is 2.81. The second-order valence-corrected chi connectivity index (χ2v) is 5.51. The number of nitrogens with two attached hydrogens (primary N) is 1. The zero-order valence-electron chi connectivity index (χ0n) is 11.0. The van der Waals surface area contributed by atoms with E-state index in [1.54, 1.807) is 31.4 Å². The van der Waals surface area contributed by atoms with Crippen molar-refractivity contribution in [3.63, 3.8) is 0 Å². The monoisotopic (exact) mass is 382 g/mol. The minimum absolute atomic E-state index is 0.118. The van der Waals surface area contributed by atoms with Crippen LogP contribution in [0.25, 0.3) is 0 Å². The lowest BCUT2D eigenvalue weighted by molar-refractivity contribution is 0.0950. The number of methoxy groups -OCH3 is 1. The van der Waals surface area contributed by atoms with Crippen LogP contribution in [0.4, 0.5) is 5.69 Å². The van der Waals surface area contributed by atoms with Crippen LogP contribution < -0.4 is 15.8 Å². The van der Waals surface area contributed by atoms with Gasteiger partial charge in [-0.05, 0) is 59.0 Å². The van der Waals surface area contributed by atoms with E-state index in [9.17, 15) is 4.79 Å². The van der Waals surface area contributed by atoms with Gasteiger partial charge in [0, 0.05) is 26.9 Å². The van der Waals surface area contributed by atoms with Crippen molar-refractivity contribution in [3.8, 4) is 5.75 Å². The average molecular weight is 382 g/mol. The molecule has 4 nitrogen and oxygen atoms in total. The Hall–Kier alpha value is -1.76. The summed E-state index contributed by atoms with van der Waals surface area (Å²) in [7, 11) is 1.59. The number of amides is 1. The molecule has 0 saturated heterocycles. The molecule has 5 heteroatoms. The number of anilines is 1. The molecule has 1 amide bonds. The van der Waals surface area contributed by atoms with Crippen LogP contribution >= 0.6 is 22.6 Å². The summed E-state index contributed by atoms with van der Waals surface area (Å²) in [4.78, 5) is 12.1. The lowest BCUT2D eigenvalue weighted by atomic mass is 10.1. The molecule has 3 N–H and O–H groups in total. The van der Waals surface area contributed by atoms with Gasteiger partial charge in [0.2, 0.25) is 0 Å². The van der Waals surface area contributed by atoms with Gasteiger partial charge in [0.05, 0.1) is 7.11 Å². The number of rotatable bonds is 4. The molecule has 0 aromatic heterocycles. The number of nitrogen functional groups attached to an aromatic ring is 1. The van der Waals surface area contributed by atoms with Gasteiger partial charge in [-0.25, -0.2) is 0 Å². The molecule has 104 valence electrons. The fourth-order valence-corrected chi connectivity index (χ4v) is 2.39. The van der Waals surface area contributed by atoms with E-state index in [1.165, 1.54) is 0 Å². The van der Waals surface area contributed by atoms with Crippen LogP contribution in [-0.2, 0) is 6.54 Å². The summed E-state index contributed by atoms with van der Waals surface area (Å²) in [6.07, 6.45) is 0. The molecular weight excluding hydrogens is 367 g/mol. The first-order valence-electron chi connectivity index (χ1n) is 6.06. The van der Waals surface area contributed by atoms with Crippen LogP contribution in [0.15, 0.2) is 42.5 Å². The van der Waals surface area contributed by atoms with E-state index in [1.807, 2.05) is 18.2 Å². The zero-order chi connectivity index (χ0) is 14.5. The van der Waals surface area contributed by atoms with Gasteiger partial charge in [-0.3, -0.25) is 4.79 Å². The first-order chi connectivity index (χ1) is 9.60. The minimum atomic E-state index is -0.118. The number of carbonyl (C=O) groups excluding carboxylic acids is 1. The standard InChI is InChI=1S/C15H15IN2O2/c1-20-14-6-5-13(17)8-11(14)9-18-15(19)10-3-2-4-12(16)7-10/h2-8H,9,17H2,1H3,(H,18,19). The third-order valence-electron chi connectivity index (χ3n) is 2.83. The fourth-order valence-electron chi connectivity index (χ4n) is 1.84. The van der Waals surface area contributed by atoms with E-state index in [-0.39, 0.29) is 5.91 Å². The number of hydrogen-bond acceptors (Lipinski definition) is 3. The quantitative estimate of drug-likeness (QED) is 0.632. The minimum Gasteiger partial charge on any atom is -0.496 e. The van der Waals surface area contributed by atoms with Crippen molar-refractivity contribution >= 4 is 34.2 Å². The summed E-state index contributed by atoms with van der Waals surface area (Å²) >= 11 is 2.18. The molecule has 0 unspecified atom stereocenters. The van der Waals surface area contributed by atoms with Crippen molar-refractivity contribution in [1.82, 2.24) is 5.32 Å². The number of hydrogen-bond donors (Lipinski definition) is 2. The summed E-state index contributed by atoms with van der Waals surface area (Å²) in [5.74, 6) is 0.593. The van der Waals surface area contributed by atoms with Crippen LogP contribution in [0.2, 0.25) is 0 Å². The molecule has 2 aromatic carbocycles. The van der Waals surface area contributed by atoms with Gasteiger partial charge >= 0.3 is 0 Å². The Balaban J connectivity index is 2.09. The lowest BCUT2D eigenvalue weighted by Gasteiger charge is -2.10. The fraction of sp³-hybridized carbons (Fsp3) is 0.133. The highest BCUT2D eigenvalue weighted by molar-refractivity contribution is 14.1. The maximum Gasteiger partial charge on any atom is 0.251 e. The van der Waals surface area contributed by atoms with E-state index >= 15 is 0 Å². The number of nitrogens with one attached hydrogen (secondary N) is 1. The molecule has 0 radical (unpaired) electrons. The lowest BCUT2D eigenvalue weighted by Crippen LogP contribution is -2.23. The molecule has 0 aliphatic carbocycles. The Kier molecular flexibility index (Phi) is 4.84. The Labute approximate surface area is 131 Å². The summed E-state index contributed by atoms with van der Waals surface area (Å²) < 4.78 is 6.27. The van der Waals surface area contributed by atoms with E-state index in [0.717, 1.165) is 9.13 Å². The third-order valence-corrected chi connectivity index (χ3v) is 3.50. The van der Waals surface area contributed by atoms with Crippen molar-refractivity contribution in [2.45, 2.75) is 6.54 Å². The van der Waals surface area contributed by atoms with E-state index < -0.39 is 0 Å². The molecule has 0 atom stereocenters. The topological polar surface area (TPSA) is 64.3 Å². The highest BCUT2D eigenvalue weighted by Crippen LogP contribution is 2.20. The SMILES string of the molecule is COc1ccc(N)cc1CNC(=O)c1cccc(I)c1. The molecule has 2 aromatic rings. The maximum atomic E-state index is 12.1. The van der Waals surface area contributed by atoms with Gasteiger partial charge in [-0.1, -0.05) is 6.07 Å². The number of ether oxygens (including phenoxy) is 1. The van der Waals surface area contributed by atoms with Gasteiger partial charge in [-0.2, -0.15) is 0 Å². The summed E-state index contributed by atoms with van der Waals surface area (Å²) in [6.45, 7) is 0.374. The van der Waals surface area contributed by atoms with Gasteiger partial charge in [0.1, 0.15) is 5.75 Å². The smallest absolute Gasteiger partial charge is 0.251 e. The molecule has 0 fully saturated rings. The Morgan fingerprint density at radius 3 is 2.80 bits per heavy atom. The maximum absolute atomic E-state index is 12.1. The van der Waals surface area contributed by atoms with Gasteiger partial charge in [0.25, 0.3) is 5.91 Å². The Morgan fingerprint density at radius 2 is 2.10 bits per heavy atom. The predicted molar refractivity (Wildman–Crippen MR) is 87.7 cm³/mol. The summed E-state index contributed by atoms with van der Waals surface area (Å²) in [5, 5.41) is 2.87. The second-order valence-electron chi connectivity index (χ2n) is 4.26. The van der Waals surface area contributed by atoms with Crippen LogP contribution in [-0.4, -0.2) is 13.0 Å². The second kappa shape index (κ2) is 6.60. The Bertz CT molecular complexity index is 629. The molecule has 0 spiro atoms. The molecule has 0 bridgehead atoms. The first-order valence-corrected chi connectivity index (χ1v) is 7.14. The van der Waals surface area contributed by atoms with E-state index in [2.05, 4.69) is 27.9 Å². The number of carbonyl (C=O) groups is 1. The van der Waals surface area contributed by atoms with Gasteiger partial charge < -0.3 is 15.8 Å². The van der Waals surface area contributed by atoms with Crippen molar-refractivity contribution < 1.29 is 9.53 Å². The van der Waals surface area contributed by atoms with Crippen molar-refractivity contribution in [2.75, 3.05) is 12.8 Å². The number of halogens is 1. The van der Waals surface area contributed by atoms with Gasteiger partial charge in [-0.15, -0.1) is 0 Å². The van der Waals surface area contributed by atoms with Crippen molar-refractivity contribution in [3.05, 3.63) is 57.2 Å². The molecule has 0 saturated carbocycles. The molecule has 0 heterocycles. The van der Waals surface area contributed by atoms with Crippen LogP contribution in [0.3, 0.4) is 0 Å².